The largest absolute Gasteiger partial charge is 0.494 e. The Morgan fingerprint density at radius 2 is 1.91 bits per heavy atom. The van der Waals surface area contributed by atoms with Gasteiger partial charge in [-0.15, -0.1) is 0 Å². The van der Waals surface area contributed by atoms with Crippen LogP contribution in [0.15, 0.2) is 42.5 Å². The van der Waals surface area contributed by atoms with E-state index in [1.54, 1.807) is 0 Å². The second-order valence-electron chi connectivity index (χ2n) is 9.05. The SMILES string of the molecule is CCCOc1ccc([C@@H]2CC[C@@]3(CC)C(=O)N[C@H](CO)[C@H]3[C@@H]2c2ccc(Cl)cc2)c(Cl)c1. The summed E-state index contributed by atoms with van der Waals surface area (Å²) in [6.07, 6.45) is 3.30. The first-order valence-corrected chi connectivity index (χ1v) is 12.3. The molecule has 0 spiro atoms. The summed E-state index contributed by atoms with van der Waals surface area (Å²) in [5.74, 6) is 0.952. The van der Waals surface area contributed by atoms with E-state index in [2.05, 4.69) is 37.4 Å². The Morgan fingerprint density at radius 3 is 2.53 bits per heavy atom. The zero-order chi connectivity index (χ0) is 22.9. The molecule has 0 bridgehead atoms. The number of benzene rings is 2. The van der Waals surface area contributed by atoms with E-state index in [1.807, 2.05) is 24.3 Å². The van der Waals surface area contributed by atoms with Gasteiger partial charge in [0.05, 0.1) is 24.7 Å². The molecule has 0 radical (unpaired) electrons. The van der Waals surface area contributed by atoms with Crippen LogP contribution >= 0.6 is 23.2 Å². The van der Waals surface area contributed by atoms with Gasteiger partial charge in [-0.25, -0.2) is 0 Å². The third-order valence-electron chi connectivity index (χ3n) is 7.49. The minimum atomic E-state index is -0.481. The first kappa shape index (κ1) is 23.4. The molecule has 2 aromatic carbocycles. The molecule has 1 saturated carbocycles. The van der Waals surface area contributed by atoms with Crippen molar-refractivity contribution in [3.05, 3.63) is 63.6 Å². The number of rotatable bonds is 7. The van der Waals surface area contributed by atoms with E-state index in [9.17, 15) is 9.90 Å². The fraction of sp³-hybridized carbons (Fsp3) is 0.500. The number of carbonyl (C=O) groups is 1. The standard InChI is InChI=1S/C26H31Cl2NO3/c1-3-13-32-18-9-10-19(21(28)14-18)20-11-12-26(4-2)24(22(15-30)29-25(26)31)23(20)16-5-7-17(27)8-6-16/h5-10,14,20,22-24,30H,3-4,11-13,15H2,1-2H3,(H,29,31)/t20-,22+,23+,24-,26+/m0/s1. The lowest BCUT2D eigenvalue weighted by atomic mass is 9.54. The highest BCUT2D eigenvalue weighted by molar-refractivity contribution is 6.31. The van der Waals surface area contributed by atoms with Gasteiger partial charge in [-0.2, -0.15) is 0 Å². The molecule has 32 heavy (non-hydrogen) atoms. The van der Waals surface area contributed by atoms with Gasteiger partial charge in [0.1, 0.15) is 5.75 Å². The molecule has 2 aromatic rings. The number of fused-ring (bicyclic) bond motifs is 1. The lowest BCUT2D eigenvalue weighted by Crippen LogP contribution is -2.45. The van der Waals surface area contributed by atoms with Crippen LogP contribution in [0.1, 0.15) is 62.5 Å². The van der Waals surface area contributed by atoms with Gasteiger partial charge in [-0.1, -0.05) is 55.2 Å². The highest BCUT2D eigenvalue weighted by Gasteiger charge is 2.60. The number of ether oxygens (including phenoxy) is 1. The zero-order valence-electron chi connectivity index (χ0n) is 18.6. The van der Waals surface area contributed by atoms with Gasteiger partial charge in [-0.3, -0.25) is 4.79 Å². The van der Waals surface area contributed by atoms with Crippen LogP contribution in [-0.4, -0.2) is 30.3 Å². The molecule has 5 atom stereocenters. The van der Waals surface area contributed by atoms with Crippen molar-refractivity contribution < 1.29 is 14.6 Å². The van der Waals surface area contributed by atoms with Crippen molar-refractivity contribution in [2.24, 2.45) is 11.3 Å². The Kier molecular flexibility index (Phi) is 7.04. The topological polar surface area (TPSA) is 58.6 Å². The van der Waals surface area contributed by atoms with Gasteiger partial charge in [0.15, 0.2) is 0 Å². The Labute approximate surface area is 200 Å². The van der Waals surface area contributed by atoms with Gasteiger partial charge in [0.2, 0.25) is 5.91 Å². The maximum Gasteiger partial charge on any atom is 0.226 e. The summed E-state index contributed by atoms with van der Waals surface area (Å²) in [4.78, 5) is 13.1. The van der Waals surface area contributed by atoms with Crippen LogP contribution < -0.4 is 10.1 Å². The van der Waals surface area contributed by atoms with Crippen molar-refractivity contribution in [1.82, 2.24) is 5.32 Å². The average molecular weight is 476 g/mol. The number of halogens is 2. The van der Waals surface area contributed by atoms with E-state index in [1.165, 1.54) is 0 Å². The monoisotopic (exact) mass is 475 g/mol. The Morgan fingerprint density at radius 1 is 1.16 bits per heavy atom. The fourth-order valence-electron chi connectivity index (χ4n) is 5.98. The van der Waals surface area contributed by atoms with Crippen molar-refractivity contribution in [3.63, 3.8) is 0 Å². The summed E-state index contributed by atoms with van der Waals surface area (Å²) in [6.45, 7) is 4.73. The van der Waals surface area contributed by atoms with E-state index in [0.717, 1.165) is 42.6 Å². The molecule has 172 valence electrons. The lowest BCUT2D eigenvalue weighted by Gasteiger charge is -2.47. The molecule has 1 aliphatic heterocycles. The molecule has 6 heteroatoms. The van der Waals surface area contributed by atoms with E-state index in [-0.39, 0.29) is 36.3 Å². The van der Waals surface area contributed by atoms with Crippen LogP contribution in [0.2, 0.25) is 10.0 Å². The maximum atomic E-state index is 13.1. The molecular weight excluding hydrogens is 445 g/mol. The van der Waals surface area contributed by atoms with Crippen LogP contribution in [0.3, 0.4) is 0 Å². The molecule has 1 saturated heterocycles. The Balaban J connectivity index is 1.80. The number of carbonyl (C=O) groups excluding carboxylic acids is 1. The molecular formula is C26H31Cl2NO3. The van der Waals surface area contributed by atoms with Crippen molar-refractivity contribution in [1.29, 1.82) is 0 Å². The normalized spacial score (nSPS) is 29.5. The van der Waals surface area contributed by atoms with Gasteiger partial charge < -0.3 is 15.2 Å². The van der Waals surface area contributed by atoms with Gasteiger partial charge in [0.25, 0.3) is 0 Å². The van der Waals surface area contributed by atoms with Crippen LogP contribution in [0, 0.1) is 11.3 Å². The molecule has 1 aliphatic carbocycles. The van der Waals surface area contributed by atoms with Crippen LogP contribution in [0.4, 0.5) is 0 Å². The van der Waals surface area contributed by atoms with Crippen molar-refractivity contribution in [2.45, 2.75) is 57.4 Å². The van der Waals surface area contributed by atoms with E-state index < -0.39 is 5.41 Å². The van der Waals surface area contributed by atoms with Gasteiger partial charge in [0, 0.05) is 16.0 Å². The Bertz CT molecular complexity index is 964. The number of amides is 1. The first-order chi connectivity index (χ1) is 15.4. The van der Waals surface area contributed by atoms with Gasteiger partial charge in [-0.05, 0) is 72.9 Å². The molecule has 2 fully saturated rings. The van der Waals surface area contributed by atoms with E-state index in [4.69, 9.17) is 27.9 Å². The quantitative estimate of drug-likeness (QED) is 0.520. The third-order valence-corrected chi connectivity index (χ3v) is 8.07. The average Bonchev–Trinajstić information content (AvgIpc) is 3.10. The van der Waals surface area contributed by atoms with Crippen LogP contribution in [-0.2, 0) is 4.79 Å². The molecule has 2 N–H and O–H groups in total. The first-order valence-electron chi connectivity index (χ1n) is 11.5. The summed E-state index contributed by atoms with van der Waals surface area (Å²) in [5.41, 5.74) is 1.71. The molecule has 0 aromatic heterocycles. The van der Waals surface area contributed by atoms with E-state index in [0.29, 0.717) is 16.7 Å². The predicted molar refractivity (Wildman–Crippen MR) is 129 cm³/mol. The van der Waals surface area contributed by atoms with Crippen LogP contribution in [0.5, 0.6) is 5.75 Å². The Hall–Kier alpha value is -1.75. The van der Waals surface area contributed by atoms with Crippen molar-refractivity contribution in [2.75, 3.05) is 13.2 Å². The minimum absolute atomic E-state index is 0.0250. The highest BCUT2D eigenvalue weighted by atomic mass is 35.5. The number of aliphatic hydroxyl groups excluding tert-OH is 1. The second kappa shape index (κ2) is 9.62. The summed E-state index contributed by atoms with van der Waals surface area (Å²) in [6, 6.07) is 13.6. The van der Waals surface area contributed by atoms with Crippen molar-refractivity contribution in [3.8, 4) is 5.75 Å². The summed E-state index contributed by atoms with van der Waals surface area (Å²) in [5, 5.41) is 14.7. The summed E-state index contributed by atoms with van der Waals surface area (Å²) >= 11 is 13.0. The highest BCUT2D eigenvalue weighted by Crippen LogP contribution is 2.60. The summed E-state index contributed by atoms with van der Waals surface area (Å²) in [7, 11) is 0. The molecule has 1 heterocycles. The smallest absolute Gasteiger partial charge is 0.226 e. The van der Waals surface area contributed by atoms with Gasteiger partial charge >= 0.3 is 0 Å². The number of nitrogens with one attached hydrogen (secondary N) is 1. The lowest BCUT2D eigenvalue weighted by molar-refractivity contribution is -0.131. The number of aliphatic hydroxyl groups is 1. The number of hydrogen-bond acceptors (Lipinski definition) is 3. The number of hydrogen-bond donors (Lipinski definition) is 2. The fourth-order valence-corrected chi connectivity index (χ4v) is 6.42. The van der Waals surface area contributed by atoms with Crippen molar-refractivity contribution >= 4 is 29.1 Å². The zero-order valence-corrected chi connectivity index (χ0v) is 20.1. The van der Waals surface area contributed by atoms with Crippen LogP contribution in [0.25, 0.3) is 0 Å². The van der Waals surface area contributed by atoms with E-state index >= 15 is 0 Å². The molecule has 2 aliphatic rings. The molecule has 4 rings (SSSR count). The predicted octanol–water partition coefficient (Wildman–Crippen LogP) is 5.95. The maximum absolute atomic E-state index is 13.1. The molecule has 4 nitrogen and oxygen atoms in total. The second-order valence-corrected chi connectivity index (χ2v) is 9.90. The molecule has 1 amide bonds. The third kappa shape index (κ3) is 4.02. The summed E-state index contributed by atoms with van der Waals surface area (Å²) < 4.78 is 5.77. The minimum Gasteiger partial charge on any atom is -0.494 e. The molecule has 0 unspecified atom stereocenters.